The second-order valence-corrected chi connectivity index (χ2v) is 18.2. The number of aliphatic hydroxyl groups is 2. The lowest BCUT2D eigenvalue weighted by Crippen LogP contribution is -2.62. The Balaban J connectivity index is 1.12. The largest absolute Gasteiger partial charge is 0.390 e. The van der Waals surface area contributed by atoms with Gasteiger partial charge in [0.2, 0.25) is 0 Å². The maximum atomic E-state index is 12.6. The molecule has 364 valence electrons. The predicted octanol–water partition coefficient (Wildman–Crippen LogP) is 9.16. The molecule has 6 aromatic carbocycles. The highest BCUT2D eigenvalue weighted by molar-refractivity contribution is 5.18. The van der Waals surface area contributed by atoms with Crippen molar-refractivity contribution in [2.75, 3.05) is 13.2 Å². The monoisotopic (exact) mass is 938 g/mol. The zero-order chi connectivity index (χ0) is 47.7. The first kappa shape index (κ1) is 50.3. The summed E-state index contributed by atoms with van der Waals surface area (Å²) >= 11 is 0. The topological polar surface area (TPSA) is 124 Å². The van der Waals surface area contributed by atoms with Crippen LogP contribution in [0.2, 0.25) is 0 Å². The van der Waals surface area contributed by atoms with Crippen molar-refractivity contribution >= 4 is 0 Å². The molecule has 0 aromatic heterocycles. The van der Waals surface area contributed by atoms with Crippen LogP contribution in [0.25, 0.3) is 0 Å². The van der Waals surface area contributed by atoms with Crippen LogP contribution in [0, 0.1) is 0 Å². The third-order valence-electron chi connectivity index (χ3n) is 12.5. The molecule has 0 radical (unpaired) electrons. The molecule has 0 amide bonds. The van der Waals surface area contributed by atoms with E-state index >= 15 is 0 Å². The van der Waals surface area contributed by atoms with Gasteiger partial charge in [-0.2, -0.15) is 0 Å². The smallest absolute Gasteiger partial charge is 0.163 e. The van der Waals surface area contributed by atoms with Crippen molar-refractivity contribution < 1.29 is 52.8 Å². The Hall–Kier alpha value is -5.12. The molecule has 0 bridgehead atoms. The van der Waals surface area contributed by atoms with Gasteiger partial charge in [-0.05, 0) is 47.2 Å². The molecule has 11 nitrogen and oxygen atoms in total. The number of benzene rings is 6. The van der Waals surface area contributed by atoms with Gasteiger partial charge >= 0.3 is 0 Å². The van der Waals surface area contributed by atoms with E-state index in [9.17, 15) is 10.2 Å². The molecule has 2 aliphatic heterocycles. The highest BCUT2D eigenvalue weighted by Crippen LogP contribution is 2.35. The van der Waals surface area contributed by atoms with Gasteiger partial charge in [-0.1, -0.05) is 182 Å². The van der Waals surface area contributed by atoms with Gasteiger partial charge in [0.05, 0.1) is 65.1 Å². The number of rotatable bonds is 25. The molecule has 0 spiro atoms. The Morgan fingerprint density at radius 1 is 0.493 bits per heavy atom. The van der Waals surface area contributed by atoms with Crippen molar-refractivity contribution in [1.82, 2.24) is 0 Å². The van der Waals surface area contributed by atoms with Crippen LogP contribution in [0.5, 0.6) is 0 Å². The predicted molar refractivity (Wildman–Crippen MR) is 261 cm³/mol. The third-order valence-corrected chi connectivity index (χ3v) is 12.5. The Labute approximate surface area is 406 Å². The molecule has 11 heteroatoms. The summed E-state index contributed by atoms with van der Waals surface area (Å²) in [5.74, 6) is -0.905. The lowest BCUT2D eigenvalue weighted by molar-refractivity contribution is -0.279. The lowest BCUT2D eigenvalue weighted by atomic mass is 9.88. The third kappa shape index (κ3) is 14.9. The van der Waals surface area contributed by atoms with Gasteiger partial charge in [-0.25, -0.2) is 0 Å². The molecular formula is C58H66O11. The summed E-state index contributed by atoms with van der Waals surface area (Å²) in [6, 6.07) is 59.3. The van der Waals surface area contributed by atoms with Gasteiger partial charge in [0, 0.05) is 6.42 Å². The van der Waals surface area contributed by atoms with E-state index in [1.165, 1.54) is 0 Å². The van der Waals surface area contributed by atoms with Crippen molar-refractivity contribution in [2.45, 2.75) is 127 Å². The van der Waals surface area contributed by atoms with Crippen LogP contribution in [-0.2, 0) is 82.3 Å². The molecule has 0 aliphatic carbocycles. The number of ether oxygens (including phenoxy) is 9. The first-order valence-electron chi connectivity index (χ1n) is 24.0. The van der Waals surface area contributed by atoms with Crippen LogP contribution in [0.15, 0.2) is 182 Å². The summed E-state index contributed by atoms with van der Waals surface area (Å²) in [6.07, 6.45) is -9.27. The minimum Gasteiger partial charge on any atom is -0.390 e. The van der Waals surface area contributed by atoms with Crippen LogP contribution in [-0.4, -0.2) is 90.3 Å². The van der Waals surface area contributed by atoms with Crippen LogP contribution >= 0.6 is 0 Å². The highest BCUT2D eigenvalue weighted by Gasteiger charge is 2.51. The fraction of sp³-hybridized carbons (Fsp3) is 0.379. The molecule has 2 fully saturated rings. The van der Waals surface area contributed by atoms with Gasteiger partial charge in [0.1, 0.15) is 48.8 Å². The molecule has 2 N–H and O–H groups in total. The van der Waals surface area contributed by atoms with E-state index in [-0.39, 0.29) is 52.7 Å². The van der Waals surface area contributed by atoms with E-state index in [2.05, 4.69) is 0 Å². The summed E-state index contributed by atoms with van der Waals surface area (Å²) in [6.45, 7) is 5.47. The molecule has 6 aromatic rings. The Morgan fingerprint density at radius 3 is 1.32 bits per heavy atom. The van der Waals surface area contributed by atoms with Crippen molar-refractivity contribution in [3.8, 4) is 0 Å². The normalized spacial score (nSPS) is 23.0. The number of hydrogen-bond acceptors (Lipinski definition) is 11. The van der Waals surface area contributed by atoms with Gasteiger partial charge in [-0.15, -0.1) is 0 Å². The average molecular weight is 939 g/mol. The maximum Gasteiger partial charge on any atom is 0.163 e. The number of hydrogen-bond donors (Lipinski definition) is 2. The SMILES string of the molecule is CC1(C)OC[C@@H]([C@@H](OCc2ccccc2)[C@H](OCc2ccccc2)[C@H](O)[C@@H](O)C[C@H]2O[C@H](COCc3ccccc3)[C@@H](OCc3ccccc3)[C@H](OCc3ccccc3)[C@H]2OCc2ccccc2)O1. The molecule has 2 saturated heterocycles. The zero-order valence-electron chi connectivity index (χ0n) is 39.5. The van der Waals surface area contributed by atoms with Crippen molar-refractivity contribution in [3.63, 3.8) is 0 Å². The Morgan fingerprint density at radius 2 is 0.884 bits per heavy atom. The van der Waals surface area contributed by atoms with E-state index in [1.807, 2.05) is 196 Å². The van der Waals surface area contributed by atoms with E-state index < -0.39 is 66.8 Å². The quantitative estimate of drug-likeness (QED) is 0.0572. The fourth-order valence-electron chi connectivity index (χ4n) is 8.88. The Bertz CT molecular complexity index is 2330. The van der Waals surface area contributed by atoms with Crippen LogP contribution in [0.4, 0.5) is 0 Å². The summed E-state index contributed by atoms with van der Waals surface area (Å²) in [5, 5.41) is 25.2. The molecule has 69 heavy (non-hydrogen) atoms. The van der Waals surface area contributed by atoms with Crippen molar-refractivity contribution in [2.24, 2.45) is 0 Å². The highest BCUT2D eigenvalue weighted by atomic mass is 16.8. The first-order valence-corrected chi connectivity index (χ1v) is 24.0. The standard InChI is InChI=1S/C58H66O11/c1-58(2)67-41-51(69-58)55(64-37-45-27-15-6-16-28-45)56(65-38-46-29-17-7-18-30-46)52(60)48(59)33-49-53(62-35-43-23-11-4-12-24-43)57(66-39-47-31-19-8-20-32-47)54(63-36-44-25-13-5-14-26-44)50(68-49)40-61-34-42-21-9-3-10-22-42/h3-32,48-57,59-60H,33-41H2,1-2H3/t48-,49+,50+,51-,52+,53-,54+,55+,56+,57+/m0/s1. The summed E-state index contributed by atoms with van der Waals surface area (Å²) in [7, 11) is 0. The van der Waals surface area contributed by atoms with Gasteiger partial charge < -0.3 is 52.8 Å². The second kappa shape index (κ2) is 25.7. The fourth-order valence-corrected chi connectivity index (χ4v) is 8.88. The maximum absolute atomic E-state index is 12.6. The van der Waals surface area contributed by atoms with Crippen molar-refractivity contribution in [3.05, 3.63) is 215 Å². The molecule has 10 atom stereocenters. The molecule has 2 heterocycles. The van der Waals surface area contributed by atoms with Crippen molar-refractivity contribution in [1.29, 1.82) is 0 Å². The van der Waals surface area contributed by atoms with Gasteiger partial charge in [0.15, 0.2) is 5.79 Å². The lowest BCUT2D eigenvalue weighted by Gasteiger charge is -2.47. The van der Waals surface area contributed by atoms with E-state index in [0.29, 0.717) is 6.61 Å². The van der Waals surface area contributed by atoms with Crippen LogP contribution < -0.4 is 0 Å². The second-order valence-electron chi connectivity index (χ2n) is 18.2. The van der Waals surface area contributed by atoms with E-state index in [1.54, 1.807) is 0 Å². The summed E-state index contributed by atoms with van der Waals surface area (Å²) < 4.78 is 60.1. The number of aliphatic hydroxyl groups excluding tert-OH is 2. The molecule has 8 rings (SSSR count). The molecular weight excluding hydrogens is 873 g/mol. The molecule has 0 unspecified atom stereocenters. The van der Waals surface area contributed by atoms with E-state index in [0.717, 1.165) is 33.4 Å². The summed E-state index contributed by atoms with van der Waals surface area (Å²) in [4.78, 5) is 0. The zero-order valence-corrected chi connectivity index (χ0v) is 39.5. The summed E-state index contributed by atoms with van der Waals surface area (Å²) in [5.41, 5.74) is 5.73. The average Bonchev–Trinajstić information content (AvgIpc) is 3.76. The minimum absolute atomic E-state index is 0.0729. The molecule has 2 aliphatic rings. The first-order chi connectivity index (χ1) is 33.8. The Kier molecular flexibility index (Phi) is 18.7. The van der Waals surface area contributed by atoms with E-state index in [4.69, 9.17) is 42.6 Å². The van der Waals surface area contributed by atoms with Crippen LogP contribution in [0.3, 0.4) is 0 Å². The van der Waals surface area contributed by atoms with Gasteiger partial charge in [0.25, 0.3) is 0 Å². The van der Waals surface area contributed by atoms with Gasteiger partial charge in [-0.3, -0.25) is 0 Å². The van der Waals surface area contributed by atoms with Crippen LogP contribution in [0.1, 0.15) is 53.6 Å². The minimum atomic E-state index is -1.50. The molecule has 0 saturated carbocycles.